The fraction of sp³-hybridized carbons (Fsp3) is 0.867. The lowest BCUT2D eigenvalue weighted by molar-refractivity contribution is -0.155. The van der Waals surface area contributed by atoms with Crippen LogP contribution in [0.25, 0.3) is 0 Å². The van der Waals surface area contributed by atoms with E-state index in [4.69, 9.17) is 4.74 Å². The van der Waals surface area contributed by atoms with Crippen LogP contribution in [-0.4, -0.2) is 35.7 Å². The molecule has 0 aliphatic heterocycles. The van der Waals surface area contributed by atoms with Crippen LogP contribution in [0.15, 0.2) is 0 Å². The van der Waals surface area contributed by atoms with E-state index in [1.807, 2.05) is 6.92 Å². The Balaban J connectivity index is 2.53. The molecule has 0 radical (unpaired) electrons. The summed E-state index contributed by atoms with van der Waals surface area (Å²) >= 11 is 0. The molecule has 1 aliphatic carbocycles. The average molecular weight is 285 g/mol. The summed E-state index contributed by atoms with van der Waals surface area (Å²) in [5.41, 5.74) is 0. The van der Waals surface area contributed by atoms with Crippen molar-refractivity contribution in [3.63, 3.8) is 0 Å². The Morgan fingerprint density at radius 3 is 2.55 bits per heavy atom. The summed E-state index contributed by atoms with van der Waals surface area (Å²) < 4.78 is 4.84. The minimum Gasteiger partial charge on any atom is -0.464 e. The highest BCUT2D eigenvalue weighted by molar-refractivity contribution is 5.79. The molecule has 0 aromatic heterocycles. The van der Waals surface area contributed by atoms with Crippen molar-refractivity contribution in [2.45, 2.75) is 70.9 Å². The number of hydrogen-bond donors (Lipinski definition) is 2. The van der Waals surface area contributed by atoms with Gasteiger partial charge in [0.05, 0.1) is 12.6 Å². The highest BCUT2D eigenvalue weighted by atomic mass is 16.5. The Morgan fingerprint density at radius 1 is 1.35 bits per heavy atom. The first kappa shape index (κ1) is 17.0. The maximum atomic E-state index is 11.8. The van der Waals surface area contributed by atoms with Gasteiger partial charge in [0, 0.05) is 6.42 Å². The van der Waals surface area contributed by atoms with Crippen LogP contribution in [0.5, 0.6) is 0 Å². The molecule has 2 unspecified atom stereocenters. The maximum absolute atomic E-state index is 11.8. The molecule has 1 rings (SSSR count). The van der Waals surface area contributed by atoms with Crippen molar-refractivity contribution in [2.24, 2.45) is 5.92 Å². The second-order valence-electron chi connectivity index (χ2n) is 5.51. The number of unbranched alkanes of at least 4 members (excludes halogenated alkanes) is 1. The first-order chi connectivity index (χ1) is 9.58. The third kappa shape index (κ3) is 5.49. The number of amides is 1. The number of carbonyl (C=O) groups is 2. The zero-order valence-corrected chi connectivity index (χ0v) is 12.6. The monoisotopic (exact) mass is 285 g/mol. The standard InChI is InChI=1S/C15H27NO4/c1-3-5-9-13(17)16-12(10-11-7-6-8-11)14(18)15(19)20-4-2/h11-12,14,18H,3-10H2,1-2H3,(H,16,17). The van der Waals surface area contributed by atoms with E-state index in [1.54, 1.807) is 6.92 Å². The smallest absolute Gasteiger partial charge is 0.337 e. The van der Waals surface area contributed by atoms with Crippen LogP contribution in [0.2, 0.25) is 0 Å². The fourth-order valence-corrected chi connectivity index (χ4v) is 2.36. The molecule has 0 aromatic carbocycles. The number of nitrogens with one attached hydrogen (secondary N) is 1. The molecule has 0 heterocycles. The lowest BCUT2D eigenvalue weighted by Crippen LogP contribution is -2.49. The third-order valence-electron chi connectivity index (χ3n) is 3.83. The van der Waals surface area contributed by atoms with Crippen molar-refractivity contribution in [3.8, 4) is 0 Å². The first-order valence-electron chi connectivity index (χ1n) is 7.72. The van der Waals surface area contributed by atoms with E-state index in [0.29, 0.717) is 18.8 Å². The van der Waals surface area contributed by atoms with E-state index in [1.165, 1.54) is 6.42 Å². The molecule has 5 nitrogen and oxygen atoms in total. The van der Waals surface area contributed by atoms with Gasteiger partial charge in [-0.15, -0.1) is 0 Å². The summed E-state index contributed by atoms with van der Waals surface area (Å²) in [5, 5.41) is 12.9. The lowest BCUT2D eigenvalue weighted by atomic mass is 9.80. The van der Waals surface area contributed by atoms with E-state index in [2.05, 4.69) is 5.32 Å². The van der Waals surface area contributed by atoms with E-state index in [9.17, 15) is 14.7 Å². The molecule has 1 saturated carbocycles. The summed E-state index contributed by atoms with van der Waals surface area (Å²) in [7, 11) is 0. The molecule has 2 atom stereocenters. The van der Waals surface area contributed by atoms with Crippen molar-refractivity contribution < 1.29 is 19.4 Å². The fourth-order valence-electron chi connectivity index (χ4n) is 2.36. The number of rotatable bonds is 9. The van der Waals surface area contributed by atoms with Gasteiger partial charge >= 0.3 is 5.97 Å². The van der Waals surface area contributed by atoms with E-state index in [-0.39, 0.29) is 12.5 Å². The number of esters is 1. The minimum absolute atomic E-state index is 0.0977. The van der Waals surface area contributed by atoms with Crippen LogP contribution < -0.4 is 5.32 Å². The molecule has 0 spiro atoms. The zero-order chi connectivity index (χ0) is 15.0. The minimum atomic E-state index is -1.26. The van der Waals surface area contributed by atoms with Gasteiger partial charge in [0.15, 0.2) is 6.10 Å². The number of carbonyl (C=O) groups excluding carboxylic acids is 2. The molecule has 0 saturated heterocycles. The van der Waals surface area contributed by atoms with E-state index in [0.717, 1.165) is 25.7 Å². The zero-order valence-electron chi connectivity index (χ0n) is 12.6. The third-order valence-corrected chi connectivity index (χ3v) is 3.83. The summed E-state index contributed by atoms with van der Waals surface area (Å²) in [6.45, 7) is 3.95. The lowest BCUT2D eigenvalue weighted by Gasteiger charge is -2.31. The molecular weight excluding hydrogens is 258 g/mol. The second kappa shape index (κ2) is 8.95. The number of aliphatic hydroxyl groups excluding tert-OH is 1. The summed E-state index contributed by atoms with van der Waals surface area (Å²) in [6, 6.07) is -0.524. The maximum Gasteiger partial charge on any atom is 0.337 e. The van der Waals surface area contributed by atoms with Crippen molar-refractivity contribution >= 4 is 11.9 Å². The van der Waals surface area contributed by atoms with Crippen molar-refractivity contribution in [3.05, 3.63) is 0 Å². The molecule has 1 amide bonds. The van der Waals surface area contributed by atoms with Gasteiger partial charge in [-0.1, -0.05) is 32.6 Å². The molecule has 116 valence electrons. The topological polar surface area (TPSA) is 75.6 Å². The SMILES string of the molecule is CCCCC(=O)NC(CC1CCC1)C(O)C(=O)OCC. The Bertz CT molecular complexity index is 315. The molecule has 0 aromatic rings. The van der Waals surface area contributed by atoms with Gasteiger partial charge in [0.25, 0.3) is 0 Å². The predicted octanol–water partition coefficient (Wildman–Crippen LogP) is 1.78. The van der Waals surface area contributed by atoms with Crippen molar-refractivity contribution in [2.75, 3.05) is 6.61 Å². The quantitative estimate of drug-likeness (QED) is 0.633. The van der Waals surface area contributed by atoms with E-state index < -0.39 is 18.1 Å². The van der Waals surface area contributed by atoms with Crippen LogP contribution in [0.3, 0.4) is 0 Å². The Morgan fingerprint density at radius 2 is 2.05 bits per heavy atom. The van der Waals surface area contributed by atoms with Crippen LogP contribution in [0.1, 0.15) is 58.8 Å². The van der Waals surface area contributed by atoms with Crippen molar-refractivity contribution in [1.82, 2.24) is 5.32 Å². The van der Waals surface area contributed by atoms with Crippen LogP contribution in [-0.2, 0) is 14.3 Å². The Hall–Kier alpha value is -1.10. The van der Waals surface area contributed by atoms with Crippen LogP contribution in [0, 0.1) is 5.92 Å². The first-order valence-corrected chi connectivity index (χ1v) is 7.72. The van der Waals surface area contributed by atoms with E-state index >= 15 is 0 Å². The molecule has 0 bridgehead atoms. The summed E-state index contributed by atoms with van der Waals surface area (Å²) in [5.74, 6) is -0.248. The summed E-state index contributed by atoms with van der Waals surface area (Å²) in [6.07, 6.45) is 5.00. The number of ether oxygens (including phenoxy) is 1. The molecule has 5 heteroatoms. The van der Waals surface area contributed by atoms with Gasteiger partial charge in [-0.3, -0.25) is 4.79 Å². The van der Waals surface area contributed by atoms with Crippen LogP contribution in [0.4, 0.5) is 0 Å². The van der Waals surface area contributed by atoms with Gasteiger partial charge in [0.2, 0.25) is 5.91 Å². The van der Waals surface area contributed by atoms with Gasteiger partial charge in [-0.2, -0.15) is 0 Å². The Kier molecular flexibility index (Phi) is 7.59. The van der Waals surface area contributed by atoms with Gasteiger partial charge in [-0.05, 0) is 25.7 Å². The van der Waals surface area contributed by atoms with Crippen LogP contribution >= 0.6 is 0 Å². The summed E-state index contributed by atoms with van der Waals surface area (Å²) in [4.78, 5) is 23.5. The normalized spacial score (nSPS) is 17.9. The second-order valence-corrected chi connectivity index (χ2v) is 5.51. The molecule has 1 fully saturated rings. The van der Waals surface area contributed by atoms with Gasteiger partial charge < -0.3 is 15.2 Å². The molecule has 20 heavy (non-hydrogen) atoms. The largest absolute Gasteiger partial charge is 0.464 e. The average Bonchev–Trinajstić information content (AvgIpc) is 2.38. The molecular formula is C15H27NO4. The van der Waals surface area contributed by atoms with Gasteiger partial charge in [0.1, 0.15) is 0 Å². The molecule has 1 aliphatic rings. The van der Waals surface area contributed by atoms with Crippen molar-refractivity contribution in [1.29, 1.82) is 0 Å². The highest BCUT2D eigenvalue weighted by Crippen LogP contribution is 2.31. The Labute approximate surface area is 121 Å². The molecule has 2 N–H and O–H groups in total. The van der Waals surface area contributed by atoms with Gasteiger partial charge in [-0.25, -0.2) is 4.79 Å². The number of aliphatic hydroxyl groups is 1. The highest BCUT2D eigenvalue weighted by Gasteiger charge is 2.32. The number of hydrogen-bond acceptors (Lipinski definition) is 4. The predicted molar refractivity (Wildman–Crippen MR) is 76.1 cm³/mol.